The molecule has 0 aromatic carbocycles. The van der Waals surface area contributed by atoms with Crippen LogP contribution in [0.3, 0.4) is 0 Å². The van der Waals surface area contributed by atoms with Crippen molar-refractivity contribution in [3.8, 4) is 0 Å². The van der Waals surface area contributed by atoms with E-state index >= 15 is 0 Å². The predicted octanol–water partition coefficient (Wildman–Crippen LogP) is -3.93. The van der Waals surface area contributed by atoms with Crippen LogP contribution in [0.4, 0.5) is 0 Å². The van der Waals surface area contributed by atoms with E-state index in [1.807, 2.05) is 0 Å². The standard InChI is InChI=1S/C11H20N2O7/c1-4(11(19)13-2-6(12)15)10-9(18)8(17)7(16)5(3-14)20-10/h4-5,7-10,14,16-18H,2-3H2,1H3,(H2,12,15)(H,13,19)/t4?,5-,7-,8+,9?,10?/m1/s1. The highest BCUT2D eigenvalue weighted by atomic mass is 16.5. The summed E-state index contributed by atoms with van der Waals surface area (Å²) in [5.41, 5.74) is 4.89. The highest BCUT2D eigenvalue weighted by Gasteiger charge is 2.46. The van der Waals surface area contributed by atoms with E-state index < -0.39 is 54.9 Å². The van der Waals surface area contributed by atoms with E-state index in [-0.39, 0.29) is 6.54 Å². The van der Waals surface area contributed by atoms with Gasteiger partial charge in [0.15, 0.2) is 0 Å². The van der Waals surface area contributed by atoms with Gasteiger partial charge in [0.25, 0.3) is 0 Å². The quantitative estimate of drug-likeness (QED) is 0.301. The molecule has 0 bridgehead atoms. The Morgan fingerprint density at radius 2 is 1.85 bits per heavy atom. The maximum atomic E-state index is 11.8. The zero-order chi connectivity index (χ0) is 15.4. The topological polar surface area (TPSA) is 162 Å². The first-order chi connectivity index (χ1) is 9.29. The Kier molecular flexibility index (Phi) is 5.84. The molecule has 0 aliphatic carbocycles. The Morgan fingerprint density at radius 1 is 1.25 bits per heavy atom. The molecule has 0 aromatic heterocycles. The number of nitrogens with two attached hydrogens (primary N) is 1. The van der Waals surface area contributed by atoms with Crippen molar-refractivity contribution >= 4 is 11.8 Å². The summed E-state index contributed by atoms with van der Waals surface area (Å²) in [6.45, 7) is 0.487. The Balaban J connectivity index is 2.72. The fourth-order valence-corrected chi connectivity index (χ4v) is 2.03. The Bertz CT molecular complexity index is 363. The van der Waals surface area contributed by atoms with Gasteiger partial charge in [-0.1, -0.05) is 6.92 Å². The predicted molar refractivity (Wildman–Crippen MR) is 65.1 cm³/mol. The molecule has 0 spiro atoms. The molecule has 0 radical (unpaired) electrons. The SMILES string of the molecule is CC(C(=O)NCC(N)=O)C1O[C@H](CO)[C@@H](O)[C@H](O)C1O. The maximum Gasteiger partial charge on any atom is 0.236 e. The number of carbonyl (C=O) groups excluding carboxylic acids is 2. The second-order valence-corrected chi connectivity index (χ2v) is 4.77. The summed E-state index contributed by atoms with van der Waals surface area (Å²) >= 11 is 0. The lowest BCUT2D eigenvalue weighted by molar-refractivity contribution is -0.238. The van der Waals surface area contributed by atoms with Crippen LogP contribution in [0.25, 0.3) is 0 Å². The second kappa shape index (κ2) is 6.95. The van der Waals surface area contributed by atoms with E-state index in [2.05, 4.69) is 5.32 Å². The Hall–Kier alpha value is -1.26. The van der Waals surface area contributed by atoms with E-state index in [1.54, 1.807) is 0 Å². The number of ether oxygens (including phenoxy) is 1. The number of hydrogen-bond donors (Lipinski definition) is 6. The van der Waals surface area contributed by atoms with Crippen molar-refractivity contribution in [3.05, 3.63) is 0 Å². The van der Waals surface area contributed by atoms with E-state index in [0.29, 0.717) is 0 Å². The van der Waals surface area contributed by atoms with Gasteiger partial charge in [0, 0.05) is 0 Å². The first kappa shape index (κ1) is 16.8. The number of hydrogen-bond acceptors (Lipinski definition) is 7. The molecule has 9 heteroatoms. The third kappa shape index (κ3) is 3.64. The molecule has 1 saturated heterocycles. The van der Waals surface area contributed by atoms with Gasteiger partial charge in [0.2, 0.25) is 11.8 Å². The number of aliphatic hydroxyl groups is 4. The molecule has 0 saturated carbocycles. The van der Waals surface area contributed by atoms with Gasteiger partial charge in [-0.25, -0.2) is 0 Å². The molecular weight excluding hydrogens is 272 g/mol. The summed E-state index contributed by atoms with van der Waals surface area (Å²) in [7, 11) is 0. The molecule has 1 aliphatic heterocycles. The fraction of sp³-hybridized carbons (Fsp3) is 0.818. The van der Waals surface area contributed by atoms with Crippen molar-refractivity contribution in [2.24, 2.45) is 11.7 Å². The lowest BCUT2D eigenvalue weighted by Gasteiger charge is -2.41. The van der Waals surface area contributed by atoms with Gasteiger partial charge in [-0.3, -0.25) is 9.59 Å². The largest absolute Gasteiger partial charge is 0.394 e. The molecule has 116 valence electrons. The monoisotopic (exact) mass is 292 g/mol. The maximum absolute atomic E-state index is 11.8. The summed E-state index contributed by atoms with van der Waals surface area (Å²) in [6, 6.07) is 0. The summed E-state index contributed by atoms with van der Waals surface area (Å²) in [6.07, 6.45) is -6.73. The first-order valence-electron chi connectivity index (χ1n) is 6.16. The van der Waals surface area contributed by atoms with Crippen LogP contribution in [0.2, 0.25) is 0 Å². The van der Waals surface area contributed by atoms with Crippen LogP contribution in [0.15, 0.2) is 0 Å². The van der Waals surface area contributed by atoms with Crippen molar-refractivity contribution < 1.29 is 34.8 Å². The number of primary amides is 1. The molecule has 0 aromatic rings. The minimum absolute atomic E-state index is 0.361. The smallest absolute Gasteiger partial charge is 0.236 e. The van der Waals surface area contributed by atoms with Gasteiger partial charge in [0.05, 0.1) is 25.2 Å². The molecule has 20 heavy (non-hydrogen) atoms. The van der Waals surface area contributed by atoms with Crippen LogP contribution in [-0.4, -0.2) is 75.9 Å². The molecule has 1 rings (SSSR count). The molecule has 1 fully saturated rings. The molecular formula is C11H20N2O7. The summed E-state index contributed by atoms with van der Waals surface area (Å²) in [5.74, 6) is -2.24. The molecule has 9 nitrogen and oxygen atoms in total. The fourth-order valence-electron chi connectivity index (χ4n) is 2.03. The highest BCUT2D eigenvalue weighted by Crippen LogP contribution is 2.26. The van der Waals surface area contributed by atoms with Gasteiger partial charge in [-0.15, -0.1) is 0 Å². The number of aliphatic hydroxyl groups excluding tert-OH is 4. The van der Waals surface area contributed by atoms with Crippen LogP contribution >= 0.6 is 0 Å². The second-order valence-electron chi connectivity index (χ2n) is 4.77. The van der Waals surface area contributed by atoms with Crippen LogP contribution in [0.5, 0.6) is 0 Å². The number of amides is 2. The van der Waals surface area contributed by atoms with E-state index in [4.69, 9.17) is 15.6 Å². The van der Waals surface area contributed by atoms with Gasteiger partial charge in [-0.05, 0) is 0 Å². The van der Waals surface area contributed by atoms with Gasteiger partial charge < -0.3 is 36.2 Å². The van der Waals surface area contributed by atoms with Crippen LogP contribution < -0.4 is 11.1 Å². The summed E-state index contributed by atoms with van der Waals surface area (Å²) in [5, 5.41) is 40.4. The molecule has 7 N–H and O–H groups in total. The lowest BCUT2D eigenvalue weighted by Crippen LogP contribution is -2.61. The number of rotatable bonds is 5. The average Bonchev–Trinajstić information content (AvgIpc) is 2.41. The number of carbonyl (C=O) groups is 2. The van der Waals surface area contributed by atoms with Crippen molar-refractivity contribution in [1.82, 2.24) is 5.32 Å². The summed E-state index contributed by atoms with van der Waals surface area (Å²) in [4.78, 5) is 22.3. The molecule has 2 amide bonds. The van der Waals surface area contributed by atoms with E-state index in [9.17, 15) is 24.9 Å². The van der Waals surface area contributed by atoms with Crippen LogP contribution in [0, 0.1) is 5.92 Å². The Labute approximate surface area is 115 Å². The van der Waals surface area contributed by atoms with E-state index in [1.165, 1.54) is 6.92 Å². The minimum Gasteiger partial charge on any atom is -0.394 e. The van der Waals surface area contributed by atoms with Crippen LogP contribution in [0.1, 0.15) is 6.92 Å². The lowest BCUT2D eigenvalue weighted by atomic mass is 9.88. The highest BCUT2D eigenvalue weighted by molar-refractivity contribution is 5.85. The van der Waals surface area contributed by atoms with Crippen molar-refractivity contribution in [1.29, 1.82) is 0 Å². The zero-order valence-electron chi connectivity index (χ0n) is 11.0. The van der Waals surface area contributed by atoms with Crippen molar-refractivity contribution in [2.45, 2.75) is 37.4 Å². The average molecular weight is 292 g/mol. The zero-order valence-corrected chi connectivity index (χ0v) is 11.0. The van der Waals surface area contributed by atoms with Crippen LogP contribution in [-0.2, 0) is 14.3 Å². The van der Waals surface area contributed by atoms with Gasteiger partial charge in [-0.2, -0.15) is 0 Å². The van der Waals surface area contributed by atoms with Crippen molar-refractivity contribution in [3.63, 3.8) is 0 Å². The Morgan fingerprint density at radius 3 is 2.35 bits per heavy atom. The normalized spacial score (nSPS) is 35.4. The molecule has 1 heterocycles. The van der Waals surface area contributed by atoms with E-state index in [0.717, 1.165) is 0 Å². The molecule has 3 unspecified atom stereocenters. The minimum atomic E-state index is -1.54. The third-order valence-corrected chi connectivity index (χ3v) is 3.27. The molecule has 6 atom stereocenters. The van der Waals surface area contributed by atoms with Crippen molar-refractivity contribution in [2.75, 3.05) is 13.2 Å². The summed E-state index contributed by atoms with van der Waals surface area (Å²) < 4.78 is 5.23. The third-order valence-electron chi connectivity index (χ3n) is 3.27. The van der Waals surface area contributed by atoms with Gasteiger partial charge in [0.1, 0.15) is 24.4 Å². The first-order valence-corrected chi connectivity index (χ1v) is 6.16. The van der Waals surface area contributed by atoms with Gasteiger partial charge >= 0.3 is 0 Å². The molecule has 1 aliphatic rings. The number of nitrogens with one attached hydrogen (secondary N) is 1.